The van der Waals surface area contributed by atoms with Gasteiger partial charge in [0.15, 0.2) is 0 Å². The van der Waals surface area contributed by atoms with E-state index < -0.39 is 4.92 Å². The van der Waals surface area contributed by atoms with Gasteiger partial charge in [-0.3, -0.25) is 14.9 Å². The molecular formula is C12H15NO4. The van der Waals surface area contributed by atoms with Gasteiger partial charge < -0.3 is 4.74 Å². The molecule has 92 valence electrons. The minimum absolute atomic E-state index is 0.0178. The van der Waals surface area contributed by atoms with Crippen molar-refractivity contribution in [1.29, 1.82) is 0 Å². The highest BCUT2D eigenvalue weighted by Crippen LogP contribution is 2.18. The van der Waals surface area contributed by atoms with Crippen LogP contribution in [0.1, 0.15) is 31.7 Å². The SMILES string of the molecule is CCCCC(=O)OCc1ccccc1[N+](=O)[O-]. The van der Waals surface area contributed by atoms with Crippen molar-refractivity contribution in [2.75, 3.05) is 0 Å². The van der Waals surface area contributed by atoms with Gasteiger partial charge in [-0.15, -0.1) is 0 Å². The van der Waals surface area contributed by atoms with E-state index in [1.165, 1.54) is 6.07 Å². The number of ether oxygens (including phenoxy) is 1. The molecule has 17 heavy (non-hydrogen) atoms. The Morgan fingerprint density at radius 2 is 2.12 bits per heavy atom. The molecule has 1 aromatic carbocycles. The van der Waals surface area contributed by atoms with E-state index in [0.717, 1.165) is 12.8 Å². The third-order valence-corrected chi connectivity index (χ3v) is 2.31. The van der Waals surface area contributed by atoms with Crippen molar-refractivity contribution in [1.82, 2.24) is 0 Å². The summed E-state index contributed by atoms with van der Waals surface area (Å²) in [6.07, 6.45) is 2.05. The molecule has 0 N–H and O–H groups in total. The van der Waals surface area contributed by atoms with Crippen molar-refractivity contribution in [3.63, 3.8) is 0 Å². The smallest absolute Gasteiger partial charge is 0.306 e. The number of hydrogen-bond donors (Lipinski definition) is 0. The minimum atomic E-state index is -0.477. The molecule has 0 saturated heterocycles. The van der Waals surface area contributed by atoms with Crippen LogP contribution in [0.5, 0.6) is 0 Å². The van der Waals surface area contributed by atoms with E-state index in [2.05, 4.69) is 0 Å². The Morgan fingerprint density at radius 3 is 2.76 bits per heavy atom. The number of esters is 1. The Morgan fingerprint density at radius 1 is 1.41 bits per heavy atom. The lowest BCUT2D eigenvalue weighted by atomic mass is 10.2. The first kappa shape index (κ1) is 13.2. The fraction of sp³-hybridized carbons (Fsp3) is 0.417. The van der Waals surface area contributed by atoms with Gasteiger partial charge in [0.25, 0.3) is 5.69 Å². The number of carbonyl (C=O) groups excluding carboxylic acids is 1. The predicted molar refractivity (Wildman–Crippen MR) is 62.4 cm³/mol. The first-order valence-electron chi connectivity index (χ1n) is 5.53. The van der Waals surface area contributed by atoms with E-state index in [-0.39, 0.29) is 18.3 Å². The minimum Gasteiger partial charge on any atom is -0.461 e. The van der Waals surface area contributed by atoms with E-state index in [0.29, 0.717) is 12.0 Å². The van der Waals surface area contributed by atoms with Crippen molar-refractivity contribution in [3.8, 4) is 0 Å². The molecule has 0 aliphatic carbocycles. The Kier molecular flexibility index (Phi) is 5.13. The van der Waals surface area contributed by atoms with Crippen LogP contribution < -0.4 is 0 Å². The standard InChI is InChI=1S/C12H15NO4/c1-2-3-8-12(14)17-9-10-6-4-5-7-11(10)13(15)16/h4-7H,2-3,8-9H2,1H3. The summed E-state index contributed by atoms with van der Waals surface area (Å²) >= 11 is 0. The van der Waals surface area contributed by atoms with Gasteiger partial charge in [0.05, 0.1) is 10.5 Å². The van der Waals surface area contributed by atoms with E-state index in [4.69, 9.17) is 4.74 Å². The van der Waals surface area contributed by atoms with Gasteiger partial charge >= 0.3 is 5.97 Å². The molecule has 0 heterocycles. The normalized spacial score (nSPS) is 9.94. The lowest BCUT2D eigenvalue weighted by molar-refractivity contribution is -0.385. The maximum atomic E-state index is 11.3. The number of benzene rings is 1. The van der Waals surface area contributed by atoms with E-state index >= 15 is 0 Å². The zero-order chi connectivity index (χ0) is 12.7. The summed E-state index contributed by atoms with van der Waals surface area (Å²) in [6.45, 7) is 1.94. The fourth-order valence-electron chi connectivity index (χ4n) is 1.36. The molecule has 0 atom stereocenters. The molecule has 0 aliphatic heterocycles. The zero-order valence-corrected chi connectivity index (χ0v) is 9.72. The summed E-state index contributed by atoms with van der Waals surface area (Å²) in [4.78, 5) is 21.5. The third-order valence-electron chi connectivity index (χ3n) is 2.31. The van der Waals surface area contributed by atoms with Crippen LogP contribution in [0, 0.1) is 10.1 Å². The van der Waals surface area contributed by atoms with Crippen LogP contribution in [0.2, 0.25) is 0 Å². The molecule has 5 nitrogen and oxygen atoms in total. The van der Waals surface area contributed by atoms with Crippen LogP contribution >= 0.6 is 0 Å². The first-order valence-corrected chi connectivity index (χ1v) is 5.53. The van der Waals surface area contributed by atoms with E-state index in [9.17, 15) is 14.9 Å². The quantitative estimate of drug-likeness (QED) is 0.433. The molecule has 0 bridgehead atoms. The highest BCUT2D eigenvalue weighted by atomic mass is 16.6. The van der Waals surface area contributed by atoms with Crippen LogP contribution in [0.25, 0.3) is 0 Å². The van der Waals surface area contributed by atoms with E-state index in [1.807, 2.05) is 6.92 Å². The molecule has 0 amide bonds. The van der Waals surface area contributed by atoms with Crippen molar-refractivity contribution >= 4 is 11.7 Å². The third kappa shape index (κ3) is 4.22. The second-order valence-corrected chi connectivity index (χ2v) is 3.65. The molecule has 0 unspecified atom stereocenters. The molecule has 5 heteroatoms. The molecule has 0 fully saturated rings. The van der Waals surface area contributed by atoms with E-state index in [1.54, 1.807) is 18.2 Å². The summed E-state index contributed by atoms with van der Waals surface area (Å²) in [5.74, 6) is -0.315. The van der Waals surface area contributed by atoms with Gasteiger partial charge in [-0.1, -0.05) is 25.5 Å². The number of nitro groups is 1. The second kappa shape index (κ2) is 6.62. The van der Waals surface area contributed by atoms with Gasteiger partial charge in [0, 0.05) is 12.5 Å². The van der Waals surface area contributed by atoms with Crippen molar-refractivity contribution < 1.29 is 14.5 Å². The second-order valence-electron chi connectivity index (χ2n) is 3.65. The summed E-state index contributed by atoms with van der Waals surface area (Å²) in [7, 11) is 0. The first-order chi connectivity index (χ1) is 8.15. The summed E-state index contributed by atoms with van der Waals surface area (Å²) in [5.41, 5.74) is 0.401. The van der Waals surface area contributed by atoms with Gasteiger partial charge in [0.2, 0.25) is 0 Å². The van der Waals surface area contributed by atoms with Crippen LogP contribution in [-0.2, 0) is 16.1 Å². The molecule has 0 aromatic heterocycles. The molecule has 1 rings (SSSR count). The average molecular weight is 237 g/mol. The molecule has 0 spiro atoms. The summed E-state index contributed by atoms with van der Waals surface area (Å²) < 4.78 is 4.98. The molecule has 1 aromatic rings. The number of rotatable bonds is 6. The summed E-state index contributed by atoms with van der Waals surface area (Å²) in [6, 6.07) is 6.25. The van der Waals surface area contributed by atoms with Gasteiger partial charge in [-0.25, -0.2) is 0 Å². The van der Waals surface area contributed by atoms with Crippen molar-refractivity contribution in [2.24, 2.45) is 0 Å². The maximum absolute atomic E-state index is 11.3. The molecular weight excluding hydrogens is 222 g/mol. The fourth-order valence-corrected chi connectivity index (χ4v) is 1.36. The Hall–Kier alpha value is -1.91. The van der Waals surface area contributed by atoms with Gasteiger partial charge in [-0.05, 0) is 12.5 Å². The van der Waals surface area contributed by atoms with Crippen LogP contribution in [0.4, 0.5) is 5.69 Å². The van der Waals surface area contributed by atoms with Gasteiger partial charge in [0.1, 0.15) is 6.61 Å². The van der Waals surface area contributed by atoms with Crippen LogP contribution in [0.15, 0.2) is 24.3 Å². The van der Waals surface area contributed by atoms with Crippen molar-refractivity contribution in [2.45, 2.75) is 32.8 Å². The maximum Gasteiger partial charge on any atom is 0.306 e. The van der Waals surface area contributed by atoms with Crippen LogP contribution in [-0.4, -0.2) is 10.9 Å². The number of unbranched alkanes of at least 4 members (excludes halogenated alkanes) is 1. The topological polar surface area (TPSA) is 69.4 Å². The predicted octanol–water partition coefficient (Wildman–Crippen LogP) is 2.83. The number of hydrogen-bond acceptors (Lipinski definition) is 4. The Bertz CT molecular complexity index is 403. The van der Waals surface area contributed by atoms with Crippen molar-refractivity contribution in [3.05, 3.63) is 39.9 Å². The molecule has 0 radical (unpaired) electrons. The largest absolute Gasteiger partial charge is 0.461 e. The summed E-state index contributed by atoms with van der Waals surface area (Å²) in [5, 5.41) is 10.7. The lowest BCUT2D eigenvalue weighted by Gasteiger charge is -2.04. The molecule has 0 saturated carbocycles. The zero-order valence-electron chi connectivity index (χ0n) is 9.72. The monoisotopic (exact) mass is 237 g/mol. The van der Waals surface area contributed by atoms with Gasteiger partial charge in [-0.2, -0.15) is 0 Å². The Labute approximate surface area is 99.5 Å². The van der Waals surface area contributed by atoms with Crippen LogP contribution in [0.3, 0.4) is 0 Å². The highest BCUT2D eigenvalue weighted by molar-refractivity contribution is 5.69. The number of para-hydroxylation sites is 1. The molecule has 0 aliphatic rings. The highest BCUT2D eigenvalue weighted by Gasteiger charge is 2.13. The number of nitro benzene ring substituents is 1. The Balaban J connectivity index is 2.57. The number of carbonyl (C=O) groups is 1. The average Bonchev–Trinajstić information content (AvgIpc) is 2.34. The lowest BCUT2D eigenvalue weighted by Crippen LogP contribution is -2.05. The number of nitrogens with zero attached hydrogens (tertiary/aromatic N) is 1.